The monoisotopic (exact) mass is 396 g/mol. The molecular formula is C22H24N2O5. The molecule has 2 aromatic carbocycles. The molecule has 152 valence electrons. The van der Waals surface area contributed by atoms with E-state index < -0.39 is 5.97 Å². The predicted molar refractivity (Wildman–Crippen MR) is 108 cm³/mol. The number of Topliss-reactive ketones (excluding diaryl/α,β-unsaturated/α-hetero) is 1. The molecule has 2 amide bonds. The predicted octanol–water partition coefficient (Wildman–Crippen LogP) is 3.61. The van der Waals surface area contributed by atoms with Crippen LogP contribution in [0.1, 0.15) is 33.6 Å². The number of amides is 2. The zero-order chi connectivity index (χ0) is 20.8. The second kappa shape index (κ2) is 9.23. The molecule has 0 aromatic heterocycles. The minimum Gasteiger partial charge on any atom is -0.496 e. The lowest BCUT2D eigenvalue weighted by molar-refractivity contribution is 0.0601. The van der Waals surface area contributed by atoms with Crippen molar-refractivity contribution in [2.75, 3.05) is 32.6 Å². The van der Waals surface area contributed by atoms with E-state index in [9.17, 15) is 14.4 Å². The van der Waals surface area contributed by atoms with Crippen LogP contribution in [0.4, 0.5) is 10.5 Å². The smallest absolute Gasteiger partial charge is 0.339 e. The Morgan fingerprint density at radius 1 is 1.00 bits per heavy atom. The molecule has 1 atom stereocenters. The van der Waals surface area contributed by atoms with Gasteiger partial charge in [0.15, 0.2) is 5.78 Å². The topological polar surface area (TPSA) is 84.9 Å². The quantitative estimate of drug-likeness (QED) is 0.616. The summed E-state index contributed by atoms with van der Waals surface area (Å²) < 4.78 is 10.1. The van der Waals surface area contributed by atoms with Crippen LogP contribution in [0.2, 0.25) is 0 Å². The number of urea groups is 1. The molecule has 0 saturated carbocycles. The van der Waals surface area contributed by atoms with Crippen molar-refractivity contribution in [1.82, 2.24) is 4.90 Å². The summed E-state index contributed by atoms with van der Waals surface area (Å²) in [5.41, 5.74) is 1.18. The number of ketones is 1. The molecule has 1 unspecified atom stereocenters. The van der Waals surface area contributed by atoms with Gasteiger partial charge in [-0.3, -0.25) is 4.79 Å². The fraction of sp³-hybridized carbons (Fsp3) is 0.318. The number of hydrogen-bond acceptors (Lipinski definition) is 5. The van der Waals surface area contributed by atoms with Crippen LogP contribution < -0.4 is 10.1 Å². The van der Waals surface area contributed by atoms with Crippen molar-refractivity contribution in [1.29, 1.82) is 0 Å². The van der Waals surface area contributed by atoms with Crippen LogP contribution in [-0.2, 0) is 4.74 Å². The van der Waals surface area contributed by atoms with E-state index in [1.807, 2.05) is 6.07 Å². The molecule has 0 aliphatic carbocycles. The molecule has 1 N–H and O–H groups in total. The molecule has 0 bridgehead atoms. The highest BCUT2D eigenvalue weighted by Gasteiger charge is 2.30. The van der Waals surface area contributed by atoms with Crippen LogP contribution in [0.15, 0.2) is 48.5 Å². The summed E-state index contributed by atoms with van der Waals surface area (Å²) in [6, 6.07) is 13.4. The van der Waals surface area contributed by atoms with Crippen LogP contribution in [0.5, 0.6) is 5.75 Å². The Labute approximate surface area is 169 Å². The molecule has 0 spiro atoms. The third-order valence-corrected chi connectivity index (χ3v) is 5.03. The van der Waals surface area contributed by atoms with E-state index in [2.05, 4.69) is 5.32 Å². The number of benzene rings is 2. The van der Waals surface area contributed by atoms with Gasteiger partial charge in [-0.05, 0) is 37.1 Å². The van der Waals surface area contributed by atoms with E-state index in [0.717, 1.165) is 6.42 Å². The fourth-order valence-corrected chi connectivity index (χ4v) is 3.52. The largest absolute Gasteiger partial charge is 0.496 e. The number of methoxy groups -OCH3 is 2. The Balaban J connectivity index is 1.72. The third-order valence-electron chi connectivity index (χ3n) is 5.03. The van der Waals surface area contributed by atoms with Gasteiger partial charge in [0.2, 0.25) is 0 Å². The summed E-state index contributed by atoms with van der Waals surface area (Å²) in [5, 5.41) is 2.77. The first-order chi connectivity index (χ1) is 14.0. The third kappa shape index (κ3) is 4.56. The SMILES string of the molecule is COC(=O)c1ccccc1NC(=O)N1CCCC(C(=O)c2ccccc2OC)C1. The summed E-state index contributed by atoms with van der Waals surface area (Å²) in [4.78, 5) is 39.3. The van der Waals surface area contributed by atoms with Crippen molar-refractivity contribution in [3.8, 4) is 5.75 Å². The van der Waals surface area contributed by atoms with Gasteiger partial charge < -0.3 is 19.7 Å². The number of para-hydroxylation sites is 2. The fourth-order valence-electron chi connectivity index (χ4n) is 3.52. The van der Waals surface area contributed by atoms with Crippen LogP contribution in [-0.4, -0.2) is 50.0 Å². The summed E-state index contributed by atoms with van der Waals surface area (Å²) in [6.07, 6.45) is 1.43. The van der Waals surface area contributed by atoms with Crippen LogP contribution in [0, 0.1) is 5.92 Å². The first kappa shape index (κ1) is 20.4. The van der Waals surface area contributed by atoms with Gasteiger partial charge in [0.25, 0.3) is 0 Å². The van der Waals surface area contributed by atoms with Gasteiger partial charge in [-0.2, -0.15) is 0 Å². The molecule has 7 nitrogen and oxygen atoms in total. The molecule has 1 heterocycles. The lowest BCUT2D eigenvalue weighted by Crippen LogP contribution is -2.44. The molecule has 1 saturated heterocycles. The first-order valence-corrected chi connectivity index (χ1v) is 9.45. The Morgan fingerprint density at radius 3 is 2.41 bits per heavy atom. The first-order valence-electron chi connectivity index (χ1n) is 9.45. The van der Waals surface area contributed by atoms with Gasteiger partial charge in [0.1, 0.15) is 5.75 Å². The highest BCUT2D eigenvalue weighted by Crippen LogP contribution is 2.27. The van der Waals surface area contributed by atoms with Crippen molar-refractivity contribution in [2.45, 2.75) is 12.8 Å². The van der Waals surface area contributed by atoms with Crippen LogP contribution in [0.25, 0.3) is 0 Å². The number of carbonyl (C=O) groups excluding carboxylic acids is 3. The van der Waals surface area contributed by atoms with E-state index in [0.29, 0.717) is 36.5 Å². The van der Waals surface area contributed by atoms with Gasteiger partial charge in [-0.25, -0.2) is 9.59 Å². The van der Waals surface area contributed by atoms with E-state index in [-0.39, 0.29) is 23.3 Å². The summed E-state index contributed by atoms with van der Waals surface area (Å²) in [5.74, 6) is -0.327. The maximum Gasteiger partial charge on any atom is 0.339 e. The van der Waals surface area contributed by atoms with E-state index in [4.69, 9.17) is 9.47 Å². The molecule has 1 aliphatic rings. The minimum absolute atomic E-state index is 0.0325. The number of nitrogens with one attached hydrogen (secondary N) is 1. The lowest BCUT2D eigenvalue weighted by Gasteiger charge is -2.32. The number of carbonyl (C=O) groups is 3. The molecule has 2 aromatic rings. The second-order valence-electron chi connectivity index (χ2n) is 6.82. The van der Waals surface area contributed by atoms with Gasteiger partial charge in [-0.1, -0.05) is 24.3 Å². The van der Waals surface area contributed by atoms with E-state index in [1.54, 1.807) is 47.4 Å². The Kier molecular flexibility index (Phi) is 6.49. The zero-order valence-corrected chi connectivity index (χ0v) is 16.5. The van der Waals surface area contributed by atoms with Crippen molar-refractivity contribution in [2.24, 2.45) is 5.92 Å². The summed E-state index contributed by atoms with van der Waals surface area (Å²) >= 11 is 0. The highest BCUT2D eigenvalue weighted by molar-refractivity contribution is 6.02. The minimum atomic E-state index is -0.524. The number of esters is 1. The highest BCUT2D eigenvalue weighted by atomic mass is 16.5. The molecular weight excluding hydrogens is 372 g/mol. The summed E-state index contributed by atoms with van der Waals surface area (Å²) in [6.45, 7) is 0.852. The Morgan fingerprint density at radius 2 is 1.69 bits per heavy atom. The number of nitrogens with zero attached hydrogens (tertiary/aromatic N) is 1. The average Bonchev–Trinajstić information content (AvgIpc) is 2.78. The second-order valence-corrected chi connectivity index (χ2v) is 6.82. The number of anilines is 1. The van der Waals surface area contributed by atoms with Crippen molar-refractivity contribution >= 4 is 23.5 Å². The van der Waals surface area contributed by atoms with Crippen molar-refractivity contribution in [3.63, 3.8) is 0 Å². The number of ether oxygens (including phenoxy) is 2. The number of hydrogen-bond donors (Lipinski definition) is 1. The van der Waals surface area contributed by atoms with Crippen LogP contribution >= 0.6 is 0 Å². The van der Waals surface area contributed by atoms with Gasteiger partial charge in [0.05, 0.1) is 31.0 Å². The maximum atomic E-state index is 13.0. The Bertz CT molecular complexity index is 912. The number of rotatable bonds is 5. The maximum absolute atomic E-state index is 13.0. The molecule has 29 heavy (non-hydrogen) atoms. The molecule has 0 radical (unpaired) electrons. The van der Waals surface area contributed by atoms with Crippen molar-refractivity contribution in [3.05, 3.63) is 59.7 Å². The van der Waals surface area contributed by atoms with Crippen molar-refractivity contribution < 1.29 is 23.9 Å². The van der Waals surface area contributed by atoms with E-state index >= 15 is 0 Å². The standard InChI is InChI=1S/C22H24N2O5/c1-28-19-12-6-4-10-17(19)20(25)15-8-7-13-24(14-15)22(27)23-18-11-5-3-9-16(18)21(26)29-2/h3-6,9-12,15H,7-8,13-14H2,1-2H3,(H,23,27). The van der Waals surface area contributed by atoms with Gasteiger partial charge in [-0.15, -0.1) is 0 Å². The Hall–Kier alpha value is -3.35. The molecule has 1 fully saturated rings. The molecule has 1 aliphatic heterocycles. The zero-order valence-electron chi connectivity index (χ0n) is 16.5. The molecule has 3 rings (SSSR count). The normalized spacial score (nSPS) is 16.1. The summed E-state index contributed by atoms with van der Waals surface area (Å²) in [7, 11) is 2.82. The molecule has 7 heteroatoms. The van der Waals surface area contributed by atoms with E-state index in [1.165, 1.54) is 14.2 Å². The number of likely N-dealkylation sites (tertiary alicyclic amines) is 1. The average molecular weight is 396 g/mol. The van der Waals surface area contributed by atoms with Gasteiger partial charge >= 0.3 is 12.0 Å². The van der Waals surface area contributed by atoms with Gasteiger partial charge in [0, 0.05) is 19.0 Å². The lowest BCUT2D eigenvalue weighted by atomic mass is 9.89. The van der Waals surface area contributed by atoms with Crippen LogP contribution in [0.3, 0.4) is 0 Å². The number of piperidine rings is 1.